The number of thiophene rings is 1. The normalized spacial score (nSPS) is 23.2. The summed E-state index contributed by atoms with van der Waals surface area (Å²) in [5.41, 5.74) is -0.0156. The van der Waals surface area contributed by atoms with Gasteiger partial charge in [-0.15, -0.1) is 11.3 Å². The fourth-order valence-corrected chi connectivity index (χ4v) is 4.10. The van der Waals surface area contributed by atoms with Crippen LogP contribution in [0, 0.1) is 5.41 Å². The smallest absolute Gasteiger partial charge is 0.227 e. The molecule has 19 heavy (non-hydrogen) atoms. The van der Waals surface area contributed by atoms with Crippen LogP contribution in [-0.2, 0) is 11.2 Å². The van der Waals surface area contributed by atoms with Gasteiger partial charge in [-0.3, -0.25) is 4.79 Å². The van der Waals surface area contributed by atoms with Crippen molar-refractivity contribution < 1.29 is 9.90 Å². The second-order valence-corrected chi connectivity index (χ2v) is 7.85. The summed E-state index contributed by atoms with van der Waals surface area (Å²) in [6.45, 7) is 5.62. The van der Waals surface area contributed by atoms with Crippen molar-refractivity contribution in [1.29, 1.82) is 0 Å². The fourth-order valence-electron chi connectivity index (χ4n) is 2.62. The predicted octanol–water partition coefficient (Wildman–Crippen LogP) is 3.06. The highest BCUT2D eigenvalue weighted by molar-refractivity contribution is 9.10. The van der Waals surface area contributed by atoms with E-state index in [-0.39, 0.29) is 17.4 Å². The number of carbonyl (C=O) groups is 1. The summed E-state index contributed by atoms with van der Waals surface area (Å²) in [7, 11) is 0. The van der Waals surface area contributed by atoms with E-state index in [2.05, 4.69) is 29.8 Å². The highest BCUT2D eigenvalue weighted by atomic mass is 79.9. The SMILES string of the molecule is CC1(C)CC(O)CCN(C(=O)Cc2sccc2Br)C1. The van der Waals surface area contributed by atoms with Gasteiger partial charge in [-0.25, -0.2) is 0 Å². The number of rotatable bonds is 2. The fraction of sp³-hybridized carbons (Fsp3) is 0.643. The molecule has 0 aliphatic carbocycles. The number of aliphatic hydroxyl groups excluding tert-OH is 1. The van der Waals surface area contributed by atoms with Crippen molar-refractivity contribution in [2.24, 2.45) is 5.41 Å². The first kappa shape index (κ1) is 15.0. The molecule has 0 bridgehead atoms. The Balaban J connectivity index is 2.04. The third kappa shape index (κ3) is 4.04. The van der Waals surface area contributed by atoms with Gasteiger partial charge in [0.2, 0.25) is 5.91 Å². The molecule has 106 valence electrons. The van der Waals surface area contributed by atoms with Crippen molar-refractivity contribution in [2.75, 3.05) is 13.1 Å². The quantitative estimate of drug-likeness (QED) is 0.894. The first-order valence-electron chi connectivity index (χ1n) is 6.55. The number of halogens is 1. The third-order valence-corrected chi connectivity index (χ3v) is 5.42. The molecule has 5 heteroatoms. The van der Waals surface area contributed by atoms with Crippen LogP contribution in [0.25, 0.3) is 0 Å². The topological polar surface area (TPSA) is 40.5 Å². The Kier molecular flexibility index (Phi) is 4.69. The molecule has 1 amide bonds. The zero-order valence-corrected chi connectivity index (χ0v) is 13.8. The molecule has 1 aliphatic heterocycles. The third-order valence-electron chi connectivity index (χ3n) is 3.49. The van der Waals surface area contributed by atoms with Crippen molar-refractivity contribution in [3.05, 3.63) is 20.8 Å². The molecule has 1 N–H and O–H groups in total. The Morgan fingerprint density at radius 3 is 3.00 bits per heavy atom. The van der Waals surface area contributed by atoms with Gasteiger partial charge < -0.3 is 10.0 Å². The van der Waals surface area contributed by atoms with E-state index in [4.69, 9.17) is 0 Å². The van der Waals surface area contributed by atoms with Crippen LogP contribution in [0.4, 0.5) is 0 Å². The maximum Gasteiger partial charge on any atom is 0.227 e. The van der Waals surface area contributed by atoms with Crippen LogP contribution in [0.15, 0.2) is 15.9 Å². The summed E-state index contributed by atoms with van der Waals surface area (Å²) < 4.78 is 1.01. The molecule has 0 aromatic carbocycles. The number of nitrogens with zero attached hydrogens (tertiary/aromatic N) is 1. The van der Waals surface area contributed by atoms with E-state index in [0.717, 1.165) is 22.3 Å². The largest absolute Gasteiger partial charge is 0.393 e. The van der Waals surface area contributed by atoms with Crippen LogP contribution in [-0.4, -0.2) is 35.1 Å². The van der Waals surface area contributed by atoms with E-state index in [0.29, 0.717) is 19.4 Å². The van der Waals surface area contributed by atoms with Crippen molar-refractivity contribution in [3.8, 4) is 0 Å². The van der Waals surface area contributed by atoms with E-state index in [1.807, 2.05) is 16.3 Å². The average Bonchev–Trinajstić information content (AvgIpc) is 2.62. The first-order chi connectivity index (χ1) is 8.87. The van der Waals surface area contributed by atoms with Gasteiger partial charge in [0.15, 0.2) is 0 Å². The highest BCUT2D eigenvalue weighted by Gasteiger charge is 2.31. The number of aliphatic hydroxyl groups is 1. The lowest BCUT2D eigenvalue weighted by Crippen LogP contribution is -2.38. The zero-order valence-electron chi connectivity index (χ0n) is 11.4. The van der Waals surface area contributed by atoms with Crippen molar-refractivity contribution in [1.82, 2.24) is 4.90 Å². The lowest BCUT2D eigenvalue weighted by molar-refractivity contribution is -0.131. The van der Waals surface area contributed by atoms with E-state index >= 15 is 0 Å². The maximum atomic E-state index is 12.4. The van der Waals surface area contributed by atoms with Gasteiger partial charge in [0, 0.05) is 22.4 Å². The van der Waals surface area contributed by atoms with Crippen LogP contribution in [0.3, 0.4) is 0 Å². The Morgan fingerprint density at radius 2 is 2.37 bits per heavy atom. The molecule has 3 nitrogen and oxygen atoms in total. The van der Waals surface area contributed by atoms with Crippen LogP contribution >= 0.6 is 27.3 Å². The standard InChI is InChI=1S/C14H20BrNO2S/c1-14(2)8-10(17)3-5-16(9-14)13(18)7-12-11(15)4-6-19-12/h4,6,10,17H,3,5,7-9H2,1-2H3. The molecular weight excluding hydrogens is 326 g/mol. The monoisotopic (exact) mass is 345 g/mol. The van der Waals surface area contributed by atoms with Gasteiger partial charge >= 0.3 is 0 Å². The molecular formula is C14H20BrNO2S. The Bertz CT molecular complexity index is 458. The average molecular weight is 346 g/mol. The minimum absolute atomic E-state index is 0.0156. The van der Waals surface area contributed by atoms with Crippen molar-refractivity contribution in [3.63, 3.8) is 0 Å². The zero-order chi connectivity index (χ0) is 14.0. The molecule has 1 aromatic heterocycles. The molecule has 1 saturated heterocycles. The van der Waals surface area contributed by atoms with E-state index < -0.39 is 0 Å². The maximum absolute atomic E-state index is 12.4. The van der Waals surface area contributed by atoms with Gasteiger partial charge in [0.25, 0.3) is 0 Å². The van der Waals surface area contributed by atoms with E-state index in [1.165, 1.54) is 0 Å². The summed E-state index contributed by atoms with van der Waals surface area (Å²) in [4.78, 5) is 15.4. The van der Waals surface area contributed by atoms with Gasteiger partial charge in [0.1, 0.15) is 0 Å². The van der Waals surface area contributed by atoms with Crippen LogP contribution in [0.1, 0.15) is 31.6 Å². The van der Waals surface area contributed by atoms with E-state index in [1.54, 1.807) is 11.3 Å². The van der Waals surface area contributed by atoms with Gasteiger partial charge in [-0.2, -0.15) is 0 Å². The molecule has 0 saturated carbocycles. The molecule has 0 radical (unpaired) electrons. The number of carbonyl (C=O) groups excluding carboxylic acids is 1. The predicted molar refractivity (Wildman–Crippen MR) is 81.3 cm³/mol. The van der Waals surface area contributed by atoms with Crippen LogP contribution in [0.5, 0.6) is 0 Å². The molecule has 0 spiro atoms. The lowest BCUT2D eigenvalue weighted by Gasteiger charge is -2.29. The summed E-state index contributed by atoms with van der Waals surface area (Å²) >= 11 is 5.07. The summed E-state index contributed by atoms with van der Waals surface area (Å²) in [5, 5.41) is 11.9. The number of hydrogen-bond acceptors (Lipinski definition) is 3. The molecule has 1 aliphatic rings. The first-order valence-corrected chi connectivity index (χ1v) is 8.22. The summed E-state index contributed by atoms with van der Waals surface area (Å²) in [6.07, 6.45) is 1.60. The summed E-state index contributed by atoms with van der Waals surface area (Å²) in [6, 6.07) is 1.98. The Labute approximate surface area is 126 Å². The van der Waals surface area contributed by atoms with Crippen LogP contribution < -0.4 is 0 Å². The minimum atomic E-state index is -0.290. The van der Waals surface area contributed by atoms with Crippen molar-refractivity contribution >= 4 is 33.2 Å². The summed E-state index contributed by atoms with van der Waals surface area (Å²) in [5.74, 6) is 0.158. The second kappa shape index (κ2) is 5.94. The molecule has 1 aromatic rings. The Morgan fingerprint density at radius 1 is 1.63 bits per heavy atom. The molecule has 1 fully saturated rings. The molecule has 1 atom stereocenters. The van der Waals surface area contributed by atoms with Crippen LogP contribution in [0.2, 0.25) is 0 Å². The highest BCUT2D eigenvalue weighted by Crippen LogP contribution is 2.29. The van der Waals surface area contributed by atoms with Gasteiger partial charge in [-0.05, 0) is 45.6 Å². The molecule has 2 rings (SSSR count). The lowest BCUT2D eigenvalue weighted by atomic mass is 9.87. The van der Waals surface area contributed by atoms with E-state index in [9.17, 15) is 9.90 Å². The Hall–Kier alpha value is -0.390. The number of amides is 1. The number of hydrogen-bond donors (Lipinski definition) is 1. The van der Waals surface area contributed by atoms with Gasteiger partial charge in [-0.1, -0.05) is 13.8 Å². The van der Waals surface area contributed by atoms with Gasteiger partial charge in [0.05, 0.1) is 12.5 Å². The molecule has 1 unspecified atom stereocenters. The number of likely N-dealkylation sites (tertiary alicyclic amines) is 1. The molecule has 2 heterocycles. The van der Waals surface area contributed by atoms with Crippen molar-refractivity contribution in [2.45, 2.75) is 39.2 Å². The second-order valence-electron chi connectivity index (χ2n) is 5.99. The minimum Gasteiger partial charge on any atom is -0.393 e.